The van der Waals surface area contributed by atoms with Crippen molar-refractivity contribution in [3.8, 4) is 23.0 Å². The van der Waals surface area contributed by atoms with Crippen LogP contribution < -0.4 is 14.8 Å². The summed E-state index contributed by atoms with van der Waals surface area (Å²) in [7, 11) is 0. The summed E-state index contributed by atoms with van der Waals surface area (Å²) in [6.07, 6.45) is 0. The SMILES string of the molecule is CC(Nc1ccc2c(c1)OCO2)c1ccc(O)cc1O. The zero-order valence-electron chi connectivity index (χ0n) is 11.0. The maximum atomic E-state index is 9.85. The zero-order valence-corrected chi connectivity index (χ0v) is 11.0. The van der Waals surface area contributed by atoms with E-state index >= 15 is 0 Å². The molecular weight excluding hydrogens is 258 g/mol. The number of phenolic OH excluding ortho intramolecular Hbond substituents is 2. The third-order valence-corrected chi connectivity index (χ3v) is 3.24. The van der Waals surface area contributed by atoms with Gasteiger partial charge in [-0.3, -0.25) is 0 Å². The lowest BCUT2D eigenvalue weighted by molar-refractivity contribution is 0.174. The van der Waals surface area contributed by atoms with Crippen LogP contribution >= 0.6 is 0 Å². The van der Waals surface area contributed by atoms with Gasteiger partial charge < -0.3 is 25.0 Å². The Kier molecular flexibility index (Phi) is 3.02. The summed E-state index contributed by atoms with van der Waals surface area (Å²) in [6.45, 7) is 2.17. The van der Waals surface area contributed by atoms with Crippen molar-refractivity contribution in [2.45, 2.75) is 13.0 Å². The summed E-state index contributed by atoms with van der Waals surface area (Å²) in [6, 6.07) is 10.0. The number of phenols is 2. The molecule has 3 N–H and O–H groups in total. The molecule has 20 heavy (non-hydrogen) atoms. The summed E-state index contributed by atoms with van der Waals surface area (Å²) in [5.74, 6) is 1.54. The van der Waals surface area contributed by atoms with Crippen LogP contribution in [0.1, 0.15) is 18.5 Å². The van der Waals surface area contributed by atoms with Crippen molar-refractivity contribution in [1.82, 2.24) is 0 Å². The molecule has 3 rings (SSSR count). The number of aromatic hydroxyl groups is 2. The van der Waals surface area contributed by atoms with Crippen LogP contribution in [0.3, 0.4) is 0 Å². The van der Waals surface area contributed by atoms with Crippen molar-refractivity contribution in [1.29, 1.82) is 0 Å². The molecule has 0 saturated carbocycles. The number of fused-ring (bicyclic) bond motifs is 1. The van der Waals surface area contributed by atoms with Crippen LogP contribution in [0.4, 0.5) is 5.69 Å². The maximum Gasteiger partial charge on any atom is 0.231 e. The maximum absolute atomic E-state index is 9.85. The molecule has 2 aromatic rings. The lowest BCUT2D eigenvalue weighted by Crippen LogP contribution is -2.06. The van der Waals surface area contributed by atoms with E-state index in [0.29, 0.717) is 11.3 Å². The molecule has 0 fully saturated rings. The molecule has 1 atom stereocenters. The third kappa shape index (κ3) is 2.30. The van der Waals surface area contributed by atoms with E-state index in [4.69, 9.17) is 9.47 Å². The van der Waals surface area contributed by atoms with Crippen molar-refractivity contribution in [2.24, 2.45) is 0 Å². The van der Waals surface area contributed by atoms with Gasteiger partial charge in [0.1, 0.15) is 11.5 Å². The molecule has 5 heteroatoms. The number of rotatable bonds is 3. The molecule has 0 radical (unpaired) electrons. The normalized spacial score (nSPS) is 14.1. The van der Waals surface area contributed by atoms with Crippen LogP contribution in [0.25, 0.3) is 0 Å². The lowest BCUT2D eigenvalue weighted by atomic mass is 10.1. The van der Waals surface area contributed by atoms with Gasteiger partial charge >= 0.3 is 0 Å². The number of ether oxygens (including phenoxy) is 2. The molecular formula is C15H15NO4. The van der Waals surface area contributed by atoms with Crippen molar-refractivity contribution >= 4 is 5.69 Å². The van der Waals surface area contributed by atoms with Crippen LogP contribution in [0.15, 0.2) is 36.4 Å². The van der Waals surface area contributed by atoms with Crippen LogP contribution in [0.2, 0.25) is 0 Å². The van der Waals surface area contributed by atoms with E-state index in [9.17, 15) is 10.2 Å². The molecule has 1 unspecified atom stereocenters. The predicted molar refractivity (Wildman–Crippen MR) is 74.4 cm³/mol. The van der Waals surface area contributed by atoms with Gasteiger partial charge in [0.2, 0.25) is 6.79 Å². The van der Waals surface area contributed by atoms with Gasteiger partial charge in [-0.25, -0.2) is 0 Å². The number of anilines is 1. The first-order chi connectivity index (χ1) is 9.63. The molecule has 2 aromatic carbocycles. The molecule has 1 heterocycles. The Morgan fingerprint density at radius 1 is 1.05 bits per heavy atom. The summed E-state index contributed by atoms with van der Waals surface area (Å²) in [5, 5.41) is 22.4. The van der Waals surface area contributed by atoms with E-state index in [1.165, 1.54) is 6.07 Å². The Morgan fingerprint density at radius 2 is 1.85 bits per heavy atom. The average Bonchev–Trinajstić information content (AvgIpc) is 2.85. The van der Waals surface area contributed by atoms with Crippen LogP contribution in [-0.4, -0.2) is 17.0 Å². The van der Waals surface area contributed by atoms with Gasteiger partial charge in [0.15, 0.2) is 11.5 Å². The van der Waals surface area contributed by atoms with Gasteiger partial charge in [-0.05, 0) is 31.2 Å². The second-order valence-corrected chi connectivity index (χ2v) is 4.68. The highest BCUT2D eigenvalue weighted by atomic mass is 16.7. The standard InChI is InChI=1S/C15H15NO4/c1-9(12-4-3-11(17)7-13(12)18)16-10-2-5-14-15(6-10)20-8-19-14/h2-7,9,16-18H,8H2,1H3. The fourth-order valence-corrected chi connectivity index (χ4v) is 2.21. The molecule has 0 aromatic heterocycles. The third-order valence-electron chi connectivity index (χ3n) is 3.24. The molecule has 0 saturated heterocycles. The van der Waals surface area contributed by atoms with Crippen molar-refractivity contribution in [3.63, 3.8) is 0 Å². The van der Waals surface area contributed by atoms with Crippen LogP contribution in [0.5, 0.6) is 23.0 Å². The van der Waals surface area contributed by atoms with Gasteiger partial charge in [0, 0.05) is 23.4 Å². The van der Waals surface area contributed by atoms with Crippen molar-refractivity contribution < 1.29 is 19.7 Å². The first kappa shape index (κ1) is 12.5. The predicted octanol–water partition coefficient (Wildman–Crippen LogP) is 3.00. The van der Waals surface area contributed by atoms with Crippen LogP contribution in [0, 0.1) is 0 Å². The molecule has 0 aliphatic carbocycles. The smallest absolute Gasteiger partial charge is 0.231 e. The number of hydrogen-bond donors (Lipinski definition) is 3. The highest BCUT2D eigenvalue weighted by Gasteiger charge is 2.15. The Hall–Kier alpha value is -2.56. The Labute approximate surface area is 116 Å². The Bertz CT molecular complexity index is 642. The summed E-state index contributed by atoms with van der Waals surface area (Å²) in [4.78, 5) is 0. The minimum atomic E-state index is -0.115. The van der Waals surface area contributed by atoms with Gasteiger partial charge in [-0.2, -0.15) is 0 Å². The van der Waals surface area contributed by atoms with Crippen molar-refractivity contribution in [2.75, 3.05) is 12.1 Å². The molecule has 0 amide bonds. The second-order valence-electron chi connectivity index (χ2n) is 4.68. The summed E-state index contributed by atoms with van der Waals surface area (Å²) >= 11 is 0. The van der Waals surface area contributed by atoms with Gasteiger partial charge in [0.05, 0.1) is 6.04 Å². The second kappa shape index (κ2) is 4.85. The molecule has 1 aliphatic rings. The zero-order chi connectivity index (χ0) is 14.1. The van der Waals surface area contributed by atoms with E-state index in [1.54, 1.807) is 12.1 Å². The van der Waals surface area contributed by atoms with Crippen molar-refractivity contribution in [3.05, 3.63) is 42.0 Å². The lowest BCUT2D eigenvalue weighted by Gasteiger charge is -2.17. The van der Waals surface area contributed by atoms with Crippen LogP contribution in [-0.2, 0) is 0 Å². The molecule has 0 bridgehead atoms. The summed E-state index contributed by atoms with van der Waals surface area (Å²) in [5.41, 5.74) is 1.58. The first-order valence-corrected chi connectivity index (χ1v) is 6.31. The van der Waals surface area contributed by atoms with Gasteiger partial charge in [0.25, 0.3) is 0 Å². The highest BCUT2D eigenvalue weighted by Crippen LogP contribution is 2.36. The monoisotopic (exact) mass is 273 g/mol. The molecule has 104 valence electrons. The molecule has 1 aliphatic heterocycles. The highest BCUT2D eigenvalue weighted by molar-refractivity contribution is 5.57. The Balaban J connectivity index is 1.80. The number of hydrogen-bond acceptors (Lipinski definition) is 5. The van der Waals surface area contributed by atoms with E-state index in [-0.39, 0.29) is 24.3 Å². The minimum absolute atomic E-state index is 0.0431. The fourth-order valence-electron chi connectivity index (χ4n) is 2.21. The number of nitrogens with one attached hydrogen (secondary N) is 1. The van der Waals surface area contributed by atoms with E-state index in [2.05, 4.69) is 5.32 Å². The minimum Gasteiger partial charge on any atom is -0.508 e. The number of benzene rings is 2. The molecule has 5 nitrogen and oxygen atoms in total. The Morgan fingerprint density at radius 3 is 2.65 bits per heavy atom. The van der Waals surface area contributed by atoms with Gasteiger partial charge in [-0.1, -0.05) is 0 Å². The fraction of sp³-hybridized carbons (Fsp3) is 0.200. The first-order valence-electron chi connectivity index (χ1n) is 6.31. The van der Waals surface area contributed by atoms with E-state index < -0.39 is 0 Å². The van der Waals surface area contributed by atoms with E-state index in [0.717, 1.165) is 11.4 Å². The average molecular weight is 273 g/mol. The topological polar surface area (TPSA) is 71.0 Å². The quantitative estimate of drug-likeness (QED) is 0.802. The summed E-state index contributed by atoms with van der Waals surface area (Å²) < 4.78 is 10.6. The largest absolute Gasteiger partial charge is 0.508 e. The van der Waals surface area contributed by atoms with E-state index in [1.807, 2.05) is 25.1 Å². The van der Waals surface area contributed by atoms with Gasteiger partial charge in [-0.15, -0.1) is 0 Å². The molecule has 0 spiro atoms.